The molecular formula is C17H10ClN3O3. The number of nitrogens with one attached hydrogen (secondary N) is 1. The van der Waals surface area contributed by atoms with Gasteiger partial charge in [-0.25, -0.2) is 0 Å². The van der Waals surface area contributed by atoms with Crippen molar-refractivity contribution < 1.29 is 9.63 Å². The molecule has 0 fully saturated rings. The van der Waals surface area contributed by atoms with Crippen LogP contribution in [0.2, 0.25) is 5.02 Å². The first kappa shape index (κ1) is 14.5. The molecule has 0 bridgehead atoms. The Morgan fingerprint density at radius 2 is 1.96 bits per heavy atom. The largest absolute Gasteiger partial charge is 0.506 e. The summed E-state index contributed by atoms with van der Waals surface area (Å²) in [5.74, 6) is 0.0181. The molecule has 0 amide bonds. The molecule has 2 N–H and O–H groups in total. The maximum atomic E-state index is 12.3. The van der Waals surface area contributed by atoms with Gasteiger partial charge in [-0.1, -0.05) is 41.0 Å². The molecule has 0 spiro atoms. The van der Waals surface area contributed by atoms with Crippen LogP contribution in [0.5, 0.6) is 5.75 Å². The van der Waals surface area contributed by atoms with Crippen molar-refractivity contribution in [2.45, 2.75) is 0 Å². The molecule has 2 aromatic carbocycles. The van der Waals surface area contributed by atoms with Crippen molar-refractivity contribution in [2.24, 2.45) is 0 Å². The van der Waals surface area contributed by atoms with E-state index >= 15 is 0 Å². The number of pyridine rings is 1. The zero-order chi connectivity index (χ0) is 16.7. The van der Waals surface area contributed by atoms with Crippen molar-refractivity contribution in [3.63, 3.8) is 0 Å². The number of hydrogen-bond donors (Lipinski definition) is 2. The number of aromatic nitrogens is 3. The lowest BCUT2D eigenvalue weighted by atomic mass is 10.1. The average Bonchev–Trinajstić information content (AvgIpc) is 3.04. The van der Waals surface area contributed by atoms with Gasteiger partial charge in [0.25, 0.3) is 11.4 Å². The number of halogens is 1. The summed E-state index contributed by atoms with van der Waals surface area (Å²) < 4.78 is 5.17. The molecule has 0 aliphatic heterocycles. The molecule has 0 unspecified atom stereocenters. The molecule has 0 aliphatic rings. The monoisotopic (exact) mass is 339 g/mol. The van der Waals surface area contributed by atoms with E-state index in [0.717, 1.165) is 0 Å². The van der Waals surface area contributed by atoms with Crippen LogP contribution in [0.3, 0.4) is 0 Å². The average molecular weight is 340 g/mol. The summed E-state index contributed by atoms with van der Waals surface area (Å²) in [6.45, 7) is 0. The second-order valence-electron chi connectivity index (χ2n) is 5.16. The summed E-state index contributed by atoms with van der Waals surface area (Å²) >= 11 is 5.95. The van der Waals surface area contributed by atoms with E-state index < -0.39 is 5.56 Å². The van der Waals surface area contributed by atoms with Crippen LogP contribution in [0.25, 0.3) is 33.7 Å². The van der Waals surface area contributed by atoms with E-state index in [9.17, 15) is 9.90 Å². The van der Waals surface area contributed by atoms with Crippen molar-refractivity contribution in [3.05, 3.63) is 63.9 Å². The third-order valence-corrected chi connectivity index (χ3v) is 3.85. The maximum Gasteiger partial charge on any atom is 0.267 e. The molecule has 4 aromatic rings. The lowest BCUT2D eigenvalue weighted by Crippen LogP contribution is -2.09. The van der Waals surface area contributed by atoms with Gasteiger partial charge >= 0.3 is 0 Å². The smallest absolute Gasteiger partial charge is 0.267 e. The summed E-state index contributed by atoms with van der Waals surface area (Å²) in [5.41, 5.74) is 0.606. The van der Waals surface area contributed by atoms with E-state index in [1.165, 1.54) is 0 Å². The normalized spacial score (nSPS) is 11.0. The Morgan fingerprint density at radius 3 is 2.79 bits per heavy atom. The van der Waals surface area contributed by atoms with Crippen molar-refractivity contribution in [1.29, 1.82) is 0 Å². The van der Waals surface area contributed by atoms with Crippen LogP contribution in [0.1, 0.15) is 0 Å². The zero-order valence-electron chi connectivity index (χ0n) is 12.2. The number of para-hydroxylation sites is 1. The summed E-state index contributed by atoms with van der Waals surface area (Å²) in [5, 5.41) is 15.3. The molecule has 7 heteroatoms. The summed E-state index contributed by atoms with van der Waals surface area (Å²) in [4.78, 5) is 19.2. The van der Waals surface area contributed by atoms with Crippen molar-refractivity contribution >= 4 is 22.5 Å². The predicted molar refractivity (Wildman–Crippen MR) is 90.0 cm³/mol. The lowest BCUT2D eigenvalue weighted by molar-refractivity contribution is 0.426. The van der Waals surface area contributed by atoms with E-state index in [1.54, 1.807) is 48.5 Å². The van der Waals surface area contributed by atoms with Crippen LogP contribution in [0.15, 0.2) is 57.8 Å². The minimum Gasteiger partial charge on any atom is -0.506 e. The maximum absolute atomic E-state index is 12.3. The Morgan fingerprint density at radius 1 is 1.12 bits per heavy atom. The number of H-pyrrole nitrogens is 1. The minimum absolute atomic E-state index is 0.0607. The van der Waals surface area contributed by atoms with E-state index in [4.69, 9.17) is 16.1 Å². The quantitative estimate of drug-likeness (QED) is 0.582. The number of aromatic hydroxyl groups is 1. The highest BCUT2D eigenvalue weighted by Gasteiger charge is 2.20. The van der Waals surface area contributed by atoms with Crippen LogP contribution in [-0.2, 0) is 0 Å². The van der Waals surface area contributed by atoms with E-state index in [1.807, 2.05) is 0 Å². The molecular weight excluding hydrogens is 330 g/mol. The van der Waals surface area contributed by atoms with Crippen LogP contribution in [-0.4, -0.2) is 20.2 Å². The van der Waals surface area contributed by atoms with Gasteiger partial charge in [-0.05, 0) is 24.3 Å². The fourth-order valence-corrected chi connectivity index (χ4v) is 2.68. The van der Waals surface area contributed by atoms with Gasteiger partial charge in [0.05, 0.1) is 5.52 Å². The highest BCUT2D eigenvalue weighted by atomic mass is 35.5. The highest BCUT2D eigenvalue weighted by molar-refractivity contribution is 6.30. The van der Waals surface area contributed by atoms with Gasteiger partial charge in [0, 0.05) is 16.0 Å². The van der Waals surface area contributed by atoms with Gasteiger partial charge in [0.1, 0.15) is 11.3 Å². The molecule has 0 atom stereocenters. The number of aromatic amines is 1. The topological polar surface area (TPSA) is 92.0 Å². The Bertz CT molecular complexity index is 1120. The van der Waals surface area contributed by atoms with Crippen LogP contribution >= 0.6 is 11.6 Å². The number of nitrogens with zero attached hydrogens (tertiary/aromatic N) is 2. The SMILES string of the molecule is O=c1[nH]c2ccccc2c(O)c1-c1nc(-c2cccc(Cl)c2)no1. The molecule has 0 saturated carbocycles. The molecule has 0 aliphatic carbocycles. The van der Waals surface area contributed by atoms with Gasteiger partial charge in [-0.2, -0.15) is 4.98 Å². The number of benzene rings is 2. The highest BCUT2D eigenvalue weighted by Crippen LogP contribution is 2.32. The van der Waals surface area contributed by atoms with Crippen molar-refractivity contribution in [2.75, 3.05) is 0 Å². The Hall–Kier alpha value is -3.12. The third-order valence-electron chi connectivity index (χ3n) is 3.62. The second-order valence-corrected chi connectivity index (χ2v) is 5.59. The predicted octanol–water partition coefficient (Wildman–Crippen LogP) is 3.60. The van der Waals surface area contributed by atoms with Gasteiger partial charge in [0.2, 0.25) is 5.82 Å². The second kappa shape index (κ2) is 5.50. The molecule has 6 nitrogen and oxygen atoms in total. The Balaban J connectivity index is 1.89. The first-order valence-corrected chi connectivity index (χ1v) is 7.45. The van der Waals surface area contributed by atoms with E-state index in [0.29, 0.717) is 21.5 Å². The standard InChI is InChI=1S/C17H10ClN3O3/c18-10-5-3-4-9(8-10)15-20-17(24-21-15)13-14(22)11-6-1-2-7-12(11)19-16(13)23/h1-8H,(H2,19,22,23). The van der Waals surface area contributed by atoms with Gasteiger partial charge in [-0.3, -0.25) is 4.79 Å². The van der Waals surface area contributed by atoms with Gasteiger partial charge < -0.3 is 14.6 Å². The van der Waals surface area contributed by atoms with Crippen LogP contribution in [0, 0.1) is 0 Å². The summed E-state index contributed by atoms with van der Waals surface area (Å²) in [6.07, 6.45) is 0. The molecule has 0 saturated heterocycles. The summed E-state index contributed by atoms with van der Waals surface area (Å²) in [7, 11) is 0. The lowest BCUT2D eigenvalue weighted by Gasteiger charge is -2.03. The number of fused-ring (bicyclic) bond motifs is 1. The molecule has 24 heavy (non-hydrogen) atoms. The van der Waals surface area contributed by atoms with Crippen LogP contribution in [0.4, 0.5) is 0 Å². The fraction of sp³-hybridized carbons (Fsp3) is 0. The third kappa shape index (κ3) is 2.33. The van der Waals surface area contributed by atoms with Crippen LogP contribution < -0.4 is 5.56 Å². The van der Waals surface area contributed by atoms with E-state index in [-0.39, 0.29) is 23.0 Å². The van der Waals surface area contributed by atoms with Gasteiger partial charge in [0.15, 0.2) is 0 Å². The van der Waals surface area contributed by atoms with E-state index in [2.05, 4.69) is 15.1 Å². The first-order valence-electron chi connectivity index (χ1n) is 7.07. The minimum atomic E-state index is -0.507. The molecule has 118 valence electrons. The van der Waals surface area contributed by atoms with Crippen molar-refractivity contribution in [1.82, 2.24) is 15.1 Å². The number of hydrogen-bond acceptors (Lipinski definition) is 5. The molecule has 0 radical (unpaired) electrons. The summed E-state index contributed by atoms with van der Waals surface area (Å²) in [6, 6.07) is 13.9. The van der Waals surface area contributed by atoms with Crippen molar-refractivity contribution in [3.8, 4) is 28.6 Å². The number of rotatable bonds is 2. The Labute approximate surface area is 140 Å². The van der Waals surface area contributed by atoms with Gasteiger partial charge in [-0.15, -0.1) is 0 Å². The molecule has 2 heterocycles. The Kier molecular flexibility index (Phi) is 3.32. The zero-order valence-corrected chi connectivity index (χ0v) is 12.9. The first-order chi connectivity index (χ1) is 11.6. The molecule has 2 aromatic heterocycles. The molecule has 4 rings (SSSR count). The fourth-order valence-electron chi connectivity index (χ4n) is 2.49.